The van der Waals surface area contributed by atoms with Gasteiger partial charge in [0.25, 0.3) is 0 Å². The van der Waals surface area contributed by atoms with Gasteiger partial charge in [0.2, 0.25) is 5.91 Å². The number of halogens is 3. The van der Waals surface area contributed by atoms with E-state index in [2.05, 4.69) is 26.6 Å². The number of carbonyl (C=O) groups is 1. The summed E-state index contributed by atoms with van der Waals surface area (Å²) in [5.41, 5.74) is 0.815. The van der Waals surface area contributed by atoms with Crippen LogP contribution < -0.4 is 10.6 Å². The minimum absolute atomic E-state index is 0. The van der Waals surface area contributed by atoms with Crippen molar-refractivity contribution in [2.45, 2.75) is 25.3 Å². The number of hydrogen-bond acceptors (Lipinski definition) is 2. The van der Waals surface area contributed by atoms with E-state index >= 15 is 0 Å². The van der Waals surface area contributed by atoms with Crippen LogP contribution in [0.3, 0.4) is 0 Å². The van der Waals surface area contributed by atoms with E-state index in [-0.39, 0.29) is 30.2 Å². The Bertz CT molecular complexity index is 439. The van der Waals surface area contributed by atoms with Gasteiger partial charge in [-0.15, -0.1) is 12.4 Å². The van der Waals surface area contributed by atoms with Crippen molar-refractivity contribution in [1.29, 1.82) is 0 Å². The summed E-state index contributed by atoms with van der Waals surface area (Å²) in [5, 5.41) is 6.27. The molecular weight excluding hydrogens is 335 g/mol. The van der Waals surface area contributed by atoms with Crippen LogP contribution in [0.4, 0.5) is 4.39 Å². The topological polar surface area (TPSA) is 41.1 Å². The van der Waals surface area contributed by atoms with Crippen LogP contribution in [0.5, 0.6) is 0 Å². The summed E-state index contributed by atoms with van der Waals surface area (Å²) in [6, 6.07) is 4.93. The fourth-order valence-corrected chi connectivity index (χ4v) is 2.51. The molecule has 106 valence electrons. The average molecular weight is 352 g/mol. The van der Waals surface area contributed by atoms with E-state index in [0.29, 0.717) is 10.9 Å². The number of hydrogen-bond donors (Lipinski definition) is 2. The molecular formula is C13H17BrClFN2O. The molecule has 6 heteroatoms. The lowest BCUT2D eigenvalue weighted by atomic mass is 10.1. The summed E-state index contributed by atoms with van der Waals surface area (Å²) in [4.78, 5) is 11.8. The third kappa shape index (κ3) is 5.09. The molecule has 0 saturated carbocycles. The molecule has 1 aromatic carbocycles. The van der Waals surface area contributed by atoms with Crippen LogP contribution in [0, 0.1) is 5.82 Å². The highest BCUT2D eigenvalue weighted by atomic mass is 79.9. The smallest absolute Gasteiger partial charge is 0.224 e. The van der Waals surface area contributed by atoms with Crippen LogP contribution in [-0.4, -0.2) is 25.0 Å². The predicted molar refractivity (Wildman–Crippen MR) is 79.1 cm³/mol. The van der Waals surface area contributed by atoms with Gasteiger partial charge in [-0.05, 0) is 59.6 Å². The maximum absolute atomic E-state index is 13.1. The molecule has 1 heterocycles. The molecule has 2 rings (SSSR count). The maximum atomic E-state index is 13.1. The molecule has 1 aliphatic heterocycles. The van der Waals surface area contributed by atoms with E-state index in [1.807, 2.05) is 0 Å². The highest BCUT2D eigenvalue weighted by Crippen LogP contribution is 2.17. The van der Waals surface area contributed by atoms with Crippen LogP contribution >= 0.6 is 28.3 Å². The third-order valence-electron chi connectivity index (χ3n) is 3.05. The van der Waals surface area contributed by atoms with E-state index in [1.165, 1.54) is 6.07 Å². The lowest BCUT2D eigenvalue weighted by molar-refractivity contribution is -0.121. The Hall–Kier alpha value is -0.650. The molecule has 0 unspecified atom stereocenters. The second-order valence-electron chi connectivity index (χ2n) is 4.52. The standard InChI is InChI=1S/C13H16BrFN2O.ClH/c14-11-7-9(1-2-12(11)15)8-13(18)17-10-3-5-16-6-4-10;/h1-2,7,10,16H,3-6,8H2,(H,17,18);1H. The van der Waals surface area contributed by atoms with Gasteiger partial charge in [-0.3, -0.25) is 4.79 Å². The molecule has 2 N–H and O–H groups in total. The highest BCUT2D eigenvalue weighted by Gasteiger charge is 2.15. The first-order valence-corrected chi connectivity index (χ1v) is 6.88. The Balaban J connectivity index is 0.00000180. The second-order valence-corrected chi connectivity index (χ2v) is 5.37. The fourth-order valence-electron chi connectivity index (χ4n) is 2.08. The quantitative estimate of drug-likeness (QED) is 0.878. The summed E-state index contributed by atoms with van der Waals surface area (Å²) in [5.74, 6) is -0.307. The second kappa shape index (κ2) is 7.82. The first-order valence-electron chi connectivity index (χ1n) is 6.09. The summed E-state index contributed by atoms with van der Waals surface area (Å²) in [6.07, 6.45) is 2.24. The van der Waals surface area contributed by atoms with Gasteiger partial charge in [-0.25, -0.2) is 4.39 Å². The Kier molecular flexibility index (Phi) is 6.75. The molecule has 1 aliphatic rings. The molecule has 0 bridgehead atoms. The molecule has 1 saturated heterocycles. The lowest BCUT2D eigenvalue weighted by Crippen LogP contribution is -2.43. The van der Waals surface area contributed by atoms with Gasteiger partial charge in [0.15, 0.2) is 0 Å². The van der Waals surface area contributed by atoms with Crippen LogP contribution in [0.25, 0.3) is 0 Å². The van der Waals surface area contributed by atoms with E-state index in [9.17, 15) is 9.18 Å². The van der Waals surface area contributed by atoms with Crippen molar-refractivity contribution in [2.75, 3.05) is 13.1 Å². The van der Waals surface area contributed by atoms with Crippen LogP contribution in [0.15, 0.2) is 22.7 Å². The zero-order valence-electron chi connectivity index (χ0n) is 10.4. The van der Waals surface area contributed by atoms with E-state index in [0.717, 1.165) is 31.5 Å². The number of rotatable bonds is 3. The monoisotopic (exact) mass is 350 g/mol. The van der Waals surface area contributed by atoms with E-state index < -0.39 is 0 Å². The molecule has 0 spiro atoms. The van der Waals surface area contributed by atoms with Gasteiger partial charge in [0, 0.05) is 6.04 Å². The molecule has 1 fully saturated rings. The molecule has 0 radical (unpaired) electrons. The lowest BCUT2D eigenvalue weighted by Gasteiger charge is -2.23. The zero-order valence-corrected chi connectivity index (χ0v) is 12.8. The van der Waals surface area contributed by atoms with E-state index in [4.69, 9.17) is 0 Å². The summed E-state index contributed by atoms with van der Waals surface area (Å²) in [6.45, 7) is 1.90. The zero-order chi connectivity index (χ0) is 13.0. The maximum Gasteiger partial charge on any atom is 0.224 e. The van der Waals surface area contributed by atoms with Crippen LogP contribution in [0.1, 0.15) is 18.4 Å². The summed E-state index contributed by atoms with van der Waals surface area (Å²) < 4.78 is 13.5. The SMILES string of the molecule is Cl.O=C(Cc1ccc(F)c(Br)c1)NC1CCNCC1. The Labute approximate surface area is 126 Å². The minimum atomic E-state index is -0.308. The number of nitrogens with one attached hydrogen (secondary N) is 2. The Morgan fingerprint density at radius 1 is 1.42 bits per heavy atom. The van der Waals surface area contributed by atoms with Gasteiger partial charge >= 0.3 is 0 Å². The Morgan fingerprint density at radius 2 is 2.11 bits per heavy atom. The van der Waals surface area contributed by atoms with Crippen molar-refractivity contribution in [1.82, 2.24) is 10.6 Å². The molecule has 19 heavy (non-hydrogen) atoms. The molecule has 0 aromatic heterocycles. The summed E-state index contributed by atoms with van der Waals surface area (Å²) in [7, 11) is 0. The molecule has 0 atom stereocenters. The third-order valence-corrected chi connectivity index (χ3v) is 3.66. The minimum Gasteiger partial charge on any atom is -0.353 e. The van der Waals surface area contributed by atoms with Gasteiger partial charge in [0.05, 0.1) is 10.9 Å². The van der Waals surface area contributed by atoms with Crippen molar-refractivity contribution in [3.63, 3.8) is 0 Å². The number of benzene rings is 1. The van der Waals surface area contributed by atoms with Gasteiger partial charge in [-0.2, -0.15) is 0 Å². The first-order chi connectivity index (χ1) is 8.65. The van der Waals surface area contributed by atoms with Gasteiger partial charge in [-0.1, -0.05) is 6.07 Å². The number of piperidine rings is 1. The number of amides is 1. The fraction of sp³-hybridized carbons (Fsp3) is 0.462. The number of carbonyl (C=O) groups excluding carboxylic acids is 1. The van der Waals surface area contributed by atoms with Crippen molar-refractivity contribution >= 4 is 34.2 Å². The summed E-state index contributed by atoms with van der Waals surface area (Å²) >= 11 is 3.12. The average Bonchev–Trinajstić information content (AvgIpc) is 2.35. The normalized spacial score (nSPS) is 15.7. The van der Waals surface area contributed by atoms with Crippen molar-refractivity contribution < 1.29 is 9.18 Å². The first kappa shape index (κ1) is 16.4. The molecule has 0 aliphatic carbocycles. The molecule has 3 nitrogen and oxygen atoms in total. The van der Waals surface area contributed by atoms with Gasteiger partial charge < -0.3 is 10.6 Å². The Morgan fingerprint density at radius 3 is 2.74 bits per heavy atom. The van der Waals surface area contributed by atoms with Crippen molar-refractivity contribution in [2.24, 2.45) is 0 Å². The molecule has 1 aromatic rings. The van der Waals surface area contributed by atoms with Crippen molar-refractivity contribution in [3.8, 4) is 0 Å². The predicted octanol–water partition coefficient (Wildman–Crippen LogP) is 2.42. The molecule has 1 amide bonds. The van der Waals surface area contributed by atoms with Crippen molar-refractivity contribution in [3.05, 3.63) is 34.1 Å². The van der Waals surface area contributed by atoms with Crippen LogP contribution in [-0.2, 0) is 11.2 Å². The van der Waals surface area contributed by atoms with Gasteiger partial charge in [0.1, 0.15) is 5.82 Å². The largest absolute Gasteiger partial charge is 0.353 e. The van der Waals surface area contributed by atoms with Crippen LogP contribution in [0.2, 0.25) is 0 Å². The highest BCUT2D eigenvalue weighted by molar-refractivity contribution is 9.10. The van der Waals surface area contributed by atoms with E-state index in [1.54, 1.807) is 12.1 Å².